The summed E-state index contributed by atoms with van der Waals surface area (Å²) in [4.78, 5) is 0. The molecule has 0 amide bonds. The maximum atomic E-state index is 5.93. The van der Waals surface area contributed by atoms with E-state index in [4.69, 9.17) is 4.42 Å². The number of benzene rings is 3. The van der Waals surface area contributed by atoms with Gasteiger partial charge in [-0.25, -0.2) is 0 Å². The van der Waals surface area contributed by atoms with Gasteiger partial charge in [-0.3, -0.25) is 0 Å². The molecule has 3 aromatic carbocycles. The molecule has 0 spiro atoms. The summed E-state index contributed by atoms with van der Waals surface area (Å²) in [5, 5.41) is 2.37. The van der Waals surface area contributed by atoms with Gasteiger partial charge in [0.25, 0.3) is 0 Å². The van der Waals surface area contributed by atoms with E-state index in [1.807, 2.05) is 12.1 Å². The van der Waals surface area contributed by atoms with Gasteiger partial charge in [0.2, 0.25) is 0 Å². The van der Waals surface area contributed by atoms with E-state index in [1.165, 1.54) is 27.5 Å². The summed E-state index contributed by atoms with van der Waals surface area (Å²) < 4.78 is 5.93. The van der Waals surface area contributed by atoms with Crippen LogP contribution in [0.3, 0.4) is 0 Å². The monoisotopic (exact) mass is 314 g/mol. The molecule has 0 fully saturated rings. The van der Waals surface area contributed by atoms with Gasteiger partial charge in [-0.05, 0) is 46.7 Å². The first-order chi connectivity index (χ1) is 11.5. The molecular formula is C23H22O. The van der Waals surface area contributed by atoms with Gasteiger partial charge in [-0.2, -0.15) is 0 Å². The first kappa shape index (κ1) is 15.0. The summed E-state index contributed by atoms with van der Waals surface area (Å²) in [7, 11) is 0. The molecule has 0 aliphatic carbocycles. The molecular weight excluding hydrogens is 292 g/mol. The van der Waals surface area contributed by atoms with Crippen molar-refractivity contribution in [2.75, 3.05) is 0 Å². The van der Waals surface area contributed by atoms with Crippen LogP contribution < -0.4 is 0 Å². The number of rotatable bonds is 2. The average molecular weight is 314 g/mol. The summed E-state index contributed by atoms with van der Waals surface area (Å²) in [5.74, 6) is 0. The zero-order valence-electron chi connectivity index (χ0n) is 14.5. The Morgan fingerprint density at radius 2 is 1.46 bits per heavy atom. The zero-order chi connectivity index (χ0) is 16.7. The molecule has 0 N–H and O–H groups in total. The van der Waals surface area contributed by atoms with Gasteiger partial charge in [0.1, 0.15) is 11.2 Å². The maximum Gasteiger partial charge on any atom is 0.135 e. The standard InChI is InChI=1S/C23H22O/c1-23(2,3)15-16-7-6-8-17(13-16)18-11-12-22-20(14-18)19-9-4-5-10-21(19)24-22/h4-14H,15H2,1-3H3. The molecule has 0 aliphatic rings. The van der Waals surface area contributed by atoms with Crippen molar-refractivity contribution in [3.05, 3.63) is 72.3 Å². The summed E-state index contributed by atoms with van der Waals surface area (Å²) in [6, 6.07) is 23.6. The summed E-state index contributed by atoms with van der Waals surface area (Å²) in [5.41, 5.74) is 6.09. The SMILES string of the molecule is CC(C)(C)Cc1cccc(-c2ccc3oc4ccccc4c3c2)c1. The number of fused-ring (bicyclic) bond motifs is 3. The average Bonchev–Trinajstić information content (AvgIpc) is 2.91. The second-order valence-corrected chi connectivity index (χ2v) is 7.75. The third-order valence-electron chi connectivity index (χ3n) is 4.37. The Labute approximate surface area is 142 Å². The van der Waals surface area contributed by atoms with Crippen molar-refractivity contribution in [2.24, 2.45) is 5.41 Å². The van der Waals surface area contributed by atoms with Crippen LogP contribution in [-0.4, -0.2) is 0 Å². The van der Waals surface area contributed by atoms with E-state index in [2.05, 4.69) is 75.4 Å². The third-order valence-corrected chi connectivity index (χ3v) is 4.37. The molecule has 0 radical (unpaired) electrons. The molecule has 0 bridgehead atoms. The lowest BCUT2D eigenvalue weighted by atomic mass is 9.87. The Morgan fingerprint density at radius 1 is 0.708 bits per heavy atom. The highest BCUT2D eigenvalue weighted by Gasteiger charge is 2.12. The molecule has 1 aromatic heterocycles. The number of furan rings is 1. The van der Waals surface area contributed by atoms with Crippen molar-refractivity contribution in [3.63, 3.8) is 0 Å². The number of hydrogen-bond donors (Lipinski definition) is 0. The van der Waals surface area contributed by atoms with Gasteiger partial charge < -0.3 is 4.42 Å². The largest absolute Gasteiger partial charge is 0.456 e. The fourth-order valence-electron chi connectivity index (χ4n) is 3.38. The highest BCUT2D eigenvalue weighted by atomic mass is 16.3. The molecule has 1 heterocycles. The third kappa shape index (κ3) is 2.82. The topological polar surface area (TPSA) is 13.1 Å². The predicted octanol–water partition coefficient (Wildman–Crippen LogP) is 6.84. The minimum absolute atomic E-state index is 0.295. The van der Waals surface area contributed by atoms with Crippen molar-refractivity contribution in [2.45, 2.75) is 27.2 Å². The van der Waals surface area contributed by atoms with E-state index < -0.39 is 0 Å². The van der Waals surface area contributed by atoms with Gasteiger partial charge in [0.05, 0.1) is 0 Å². The lowest BCUT2D eigenvalue weighted by Gasteiger charge is -2.18. The molecule has 0 atom stereocenters. The van der Waals surface area contributed by atoms with Crippen molar-refractivity contribution in [3.8, 4) is 11.1 Å². The van der Waals surface area contributed by atoms with Crippen LogP contribution in [-0.2, 0) is 6.42 Å². The van der Waals surface area contributed by atoms with Crippen LogP contribution >= 0.6 is 0 Å². The Hall–Kier alpha value is -2.54. The molecule has 4 aromatic rings. The fraction of sp³-hybridized carbons (Fsp3) is 0.217. The van der Waals surface area contributed by atoms with Crippen molar-refractivity contribution < 1.29 is 4.42 Å². The zero-order valence-corrected chi connectivity index (χ0v) is 14.5. The van der Waals surface area contributed by atoms with Crippen LogP contribution in [0.1, 0.15) is 26.3 Å². The molecule has 120 valence electrons. The van der Waals surface area contributed by atoms with E-state index in [-0.39, 0.29) is 0 Å². The summed E-state index contributed by atoms with van der Waals surface area (Å²) >= 11 is 0. The van der Waals surface area contributed by atoms with Gasteiger partial charge in [0.15, 0.2) is 0 Å². The van der Waals surface area contributed by atoms with E-state index in [1.54, 1.807) is 0 Å². The Balaban J connectivity index is 1.81. The minimum atomic E-state index is 0.295. The van der Waals surface area contributed by atoms with Crippen LogP contribution in [0.25, 0.3) is 33.1 Å². The Kier molecular flexibility index (Phi) is 3.45. The lowest BCUT2D eigenvalue weighted by Crippen LogP contribution is -2.08. The molecule has 0 saturated heterocycles. The van der Waals surface area contributed by atoms with Crippen molar-refractivity contribution in [1.29, 1.82) is 0 Å². The van der Waals surface area contributed by atoms with E-state index >= 15 is 0 Å². The van der Waals surface area contributed by atoms with Crippen LogP contribution in [0, 0.1) is 5.41 Å². The highest BCUT2D eigenvalue weighted by Crippen LogP contribution is 2.33. The van der Waals surface area contributed by atoms with Crippen LogP contribution in [0.2, 0.25) is 0 Å². The van der Waals surface area contributed by atoms with Gasteiger partial charge in [-0.1, -0.05) is 69.3 Å². The molecule has 0 saturated carbocycles. The van der Waals surface area contributed by atoms with Gasteiger partial charge in [0, 0.05) is 10.8 Å². The molecule has 0 aliphatic heterocycles. The minimum Gasteiger partial charge on any atom is -0.456 e. The molecule has 1 nitrogen and oxygen atoms in total. The quantitative estimate of drug-likeness (QED) is 0.394. The Morgan fingerprint density at radius 3 is 2.29 bits per heavy atom. The van der Waals surface area contributed by atoms with E-state index in [0.29, 0.717) is 5.41 Å². The van der Waals surface area contributed by atoms with E-state index in [9.17, 15) is 0 Å². The Bertz CT molecular complexity index is 1020. The van der Waals surface area contributed by atoms with Crippen molar-refractivity contribution >= 4 is 21.9 Å². The predicted molar refractivity (Wildman–Crippen MR) is 102 cm³/mol. The lowest BCUT2D eigenvalue weighted by molar-refractivity contribution is 0.411. The summed E-state index contributed by atoms with van der Waals surface area (Å²) in [6.45, 7) is 6.84. The second kappa shape index (κ2) is 5.52. The highest BCUT2D eigenvalue weighted by molar-refractivity contribution is 6.06. The normalized spacial score (nSPS) is 12.1. The second-order valence-electron chi connectivity index (χ2n) is 7.75. The maximum absolute atomic E-state index is 5.93. The van der Waals surface area contributed by atoms with Crippen molar-refractivity contribution in [1.82, 2.24) is 0 Å². The molecule has 0 unspecified atom stereocenters. The molecule has 1 heteroatoms. The van der Waals surface area contributed by atoms with Crippen LogP contribution in [0.15, 0.2) is 71.1 Å². The first-order valence-corrected chi connectivity index (χ1v) is 8.50. The van der Waals surface area contributed by atoms with Crippen LogP contribution in [0.4, 0.5) is 0 Å². The number of para-hydroxylation sites is 1. The molecule has 4 rings (SSSR count). The fourth-order valence-corrected chi connectivity index (χ4v) is 3.38. The first-order valence-electron chi connectivity index (χ1n) is 8.50. The van der Waals surface area contributed by atoms with Gasteiger partial charge in [-0.15, -0.1) is 0 Å². The van der Waals surface area contributed by atoms with E-state index in [0.717, 1.165) is 17.6 Å². The smallest absolute Gasteiger partial charge is 0.135 e. The van der Waals surface area contributed by atoms with Gasteiger partial charge >= 0.3 is 0 Å². The molecule has 24 heavy (non-hydrogen) atoms. The van der Waals surface area contributed by atoms with Crippen LogP contribution in [0.5, 0.6) is 0 Å². The number of hydrogen-bond acceptors (Lipinski definition) is 1. The summed E-state index contributed by atoms with van der Waals surface area (Å²) in [6.07, 6.45) is 1.08.